The zero-order valence-electron chi connectivity index (χ0n) is 12.2. The van der Waals surface area contributed by atoms with Gasteiger partial charge in [-0.1, -0.05) is 13.8 Å². The van der Waals surface area contributed by atoms with E-state index >= 15 is 0 Å². The van der Waals surface area contributed by atoms with E-state index in [9.17, 15) is 9.59 Å². The molecule has 1 heterocycles. The molecule has 1 rings (SSSR count). The molecule has 19 heavy (non-hydrogen) atoms. The molecule has 112 valence electrons. The number of carbonyl (C=O) groups is 2. The Balaban J connectivity index is 0.00000324. The average molecular weight is 292 g/mol. The van der Waals surface area contributed by atoms with Gasteiger partial charge in [-0.2, -0.15) is 0 Å². The molecule has 0 radical (unpaired) electrons. The fourth-order valence-corrected chi connectivity index (χ4v) is 2.23. The van der Waals surface area contributed by atoms with Gasteiger partial charge in [0.15, 0.2) is 0 Å². The molecule has 0 saturated carbocycles. The molecule has 6 heteroatoms. The maximum absolute atomic E-state index is 12.2. The molecule has 0 aliphatic carbocycles. The van der Waals surface area contributed by atoms with Crippen LogP contribution < -0.4 is 10.6 Å². The molecule has 0 aromatic carbocycles. The minimum Gasteiger partial charge on any atom is -0.353 e. The lowest BCUT2D eigenvalue weighted by molar-refractivity contribution is -0.139. The highest BCUT2D eigenvalue weighted by atomic mass is 35.5. The van der Waals surface area contributed by atoms with Crippen molar-refractivity contribution >= 4 is 24.2 Å². The molecule has 1 saturated heterocycles. The molecule has 5 nitrogen and oxygen atoms in total. The molecule has 2 N–H and O–H groups in total. The van der Waals surface area contributed by atoms with Gasteiger partial charge in [0.05, 0.1) is 0 Å². The maximum atomic E-state index is 12.2. The van der Waals surface area contributed by atoms with Crippen molar-refractivity contribution in [1.82, 2.24) is 15.5 Å². The van der Waals surface area contributed by atoms with Crippen molar-refractivity contribution in [2.45, 2.75) is 45.7 Å². The van der Waals surface area contributed by atoms with Gasteiger partial charge in [0.25, 0.3) is 0 Å². The van der Waals surface area contributed by atoms with Crippen molar-refractivity contribution in [2.24, 2.45) is 5.92 Å². The first-order chi connectivity index (χ1) is 8.47. The summed E-state index contributed by atoms with van der Waals surface area (Å²) < 4.78 is 0. The highest BCUT2D eigenvalue weighted by Crippen LogP contribution is 2.19. The van der Waals surface area contributed by atoms with Gasteiger partial charge in [-0.05, 0) is 26.3 Å². The van der Waals surface area contributed by atoms with Crippen LogP contribution in [0.4, 0.5) is 0 Å². The van der Waals surface area contributed by atoms with Crippen LogP contribution in [0.2, 0.25) is 0 Å². The van der Waals surface area contributed by atoms with E-state index in [4.69, 9.17) is 0 Å². The van der Waals surface area contributed by atoms with Crippen molar-refractivity contribution < 1.29 is 9.59 Å². The third-order valence-electron chi connectivity index (χ3n) is 3.42. The highest BCUT2D eigenvalue weighted by molar-refractivity contribution is 5.88. The Morgan fingerprint density at radius 1 is 1.37 bits per heavy atom. The van der Waals surface area contributed by atoms with Gasteiger partial charge in [-0.15, -0.1) is 12.4 Å². The van der Waals surface area contributed by atoms with Crippen LogP contribution in [0, 0.1) is 5.92 Å². The molecule has 0 spiro atoms. The second-order valence-corrected chi connectivity index (χ2v) is 5.31. The smallest absolute Gasteiger partial charge is 0.243 e. The Labute approximate surface area is 121 Å². The molecule has 1 aliphatic heterocycles. The molecule has 2 unspecified atom stereocenters. The van der Waals surface area contributed by atoms with Gasteiger partial charge in [0.2, 0.25) is 11.8 Å². The Morgan fingerprint density at radius 3 is 2.42 bits per heavy atom. The Hall–Kier alpha value is -0.810. The number of rotatable bonds is 6. The van der Waals surface area contributed by atoms with Crippen LogP contribution in [-0.4, -0.2) is 48.9 Å². The third kappa shape index (κ3) is 4.99. The van der Waals surface area contributed by atoms with Gasteiger partial charge >= 0.3 is 0 Å². The van der Waals surface area contributed by atoms with Crippen molar-refractivity contribution in [3.05, 3.63) is 0 Å². The van der Waals surface area contributed by atoms with Gasteiger partial charge in [0, 0.05) is 25.6 Å². The lowest BCUT2D eigenvalue weighted by Crippen LogP contribution is -2.52. The van der Waals surface area contributed by atoms with E-state index in [-0.39, 0.29) is 42.2 Å². The summed E-state index contributed by atoms with van der Waals surface area (Å²) in [4.78, 5) is 25.7. The Bertz CT molecular complexity index is 310. The number of likely N-dealkylation sites (N-methyl/N-ethyl adjacent to an activating group) is 1. The summed E-state index contributed by atoms with van der Waals surface area (Å²) in [7, 11) is 1.86. The lowest BCUT2D eigenvalue weighted by atomic mass is 10.0. The van der Waals surface area contributed by atoms with Gasteiger partial charge in [0.1, 0.15) is 6.04 Å². The fourth-order valence-electron chi connectivity index (χ4n) is 2.23. The van der Waals surface area contributed by atoms with Crippen LogP contribution in [0.5, 0.6) is 0 Å². The van der Waals surface area contributed by atoms with E-state index in [1.165, 1.54) is 0 Å². The van der Waals surface area contributed by atoms with E-state index in [1.54, 1.807) is 4.90 Å². The number of nitrogens with one attached hydrogen (secondary N) is 2. The monoisotopic (exact) mass is 291 g/mol. The van der Waals surface area contributed by atoms with Gasteiger partial charge in [-0.3, -0.25) is 9.59 Å². The predicted molar refractivity (Wildman–Crippen MR) is 78.4 cm³/mol. The molecule has 0 aromatic heterocycles. The predicted octanol–water partition coefficient (Wildman–Crippen LogP) is 0.779. The van der Waals surface area contributed by atoms with Crippen molar-refractivity contribution in [3.8, 4) is 0 Å². The van der Waals surface area contributed by atoms with E-state index in [2.05, 4.69) is 10.6 Å². The van der Waals surface area contributed by atoms with Crippen molar-refractivity contribution in [1.29, 1.82) is 0 Å². The molecule has 2 amide bonds. The largest absolute Gasteiger partial charge is 0.353 e. The SMILES string of the molecule is CNC(C)CNC(=O)C(C(C)C)N1CCCC1=O.Cl. The van der Waals surface area contributed by atoms with Crippen LogP contribution in [0.1, 0.15) is 33.6 Å². The molecule has 0 aromatic rings. The minimum atomic E-state index is -0.330. The fraction of sp³-hybridized carbons (Fsp3) is 0.846. The van der Waals surface area contributed by atoms with E-state index in [0.29, 0.717) is 19.5 Å². The third-order valence-corrected chi connectivity index (χ3v) is 3.42. The Kier molecular flexibility index (Phi) is 8.02. The highest BCUT2D eigenvalue weighted by Gasteiger charge is 2.34. The molecule has 1 aliphatic rings. The molecule has 2 atom stereocenters. The number of likely N-dealkylation sites (tertiary alicyclic amines) is 1. The van der Waals surface area contributed by atoms with E-state index in [0.717, 1.165) is 6.42 Å². The normalized spacial score (nSPS) is 18.2. The van der Waals surface area contributed by atoms with Crippen LogP contribution in [0.15, 0.2) is 0 Å². The van der Waals surface area contributed by atoms with Crippen molar-refractivity contribution in [3.63, 3.8) is 0 Å². The molecule has 1 fully saturated rings. The van der Waals surface area contributed by atoms with Gasteiger partial charge in [-0.25, -0.2) is 0 Å². The standard InChI is InChI=1S/C13H25N3O2.ClH/c1-9(2)12(16-7-5-6-11(16)17)13(18)15-8-10(3)14-4;/h9-10,12,14H,5-8H2,1-4H3,(H,15,18);1H. The number of amides is 2. The number of nitrogens with zero attached hydrogens (tertiary/aromatic N) is 1. The number of hydrogen-bond donors (Lipinski definition) is 2. The van der Waals surface area contributed by atoms with E-state index in [1.807, 2.05) is 27.8 Å². The summed E-state index contributed by atoms with van der Waals surface area (Å²) in [6.07, 6.45) is 1.44. The first-order valence-corrected chi connectivity index (χ1v) is 6.71. The van der Waals surface area contributed by atoms with Gasteiger partial charge < -0.3 is 15.5 Å². The van der Waals surface area contributed by atoms with Crippen molar-refractivity contribution in [2.75, 3.05) is 20.1 Å². The summed E-state index contributed by atoms with van der Waals surface area (Å²) >= 11 is 0. The number of carbonyl (C=O) groups excluding carboxylic acids is 2. The number of hydrogen-bond acceptors (Lipinski definition) is 3. The summed E-state index contributed by atoms with van der Waals surface area (Å²) in [5.74, 6) is 0.199. The zero-order chi connectivity index (χ0) is 13.7. The maximum Gasteiger partial charge on any atom is 0.243 e. The molecule has 0 bridgehead atoms. The first-order valence-electron chi connectivity index (χ1n) is 6.71. The first kappa shape index (κ1) is 18.2. The summed E-state index contributed by atoms with van der Waals surface area (Å²) in [6, 6.07) is -0.0971. The molecular formula is C13H26ClN3O2. The summed E-state index contributed by atoms with van der Waals surface area (Å²) in [5.41, 5.74) is 0. The second kappa shape index (κ2) is 8.38. The van der Waals surface area contributed by atoms with Crippen LogP contribution >= 0.6 is 12.4 Å². The average Bonchev–Trinajstić information content (AvgIpc) is 2.72. The summed E-state index contributed by atoms with van der Waals surface area (Å²) in [5, 5.41) is 5.99. The second-order valence-electron chi connectivity index (χ2n) is 5.31. The van der Waals surface area contributed by atoms with E-state index < -0.39 is 0 Å². The molecular weight excluding hydrogens is 266 g/mol. The van der Waals surface area contributed by atoms with Crippen LogP contribution in [0.3, 0.4) is 0 Å². The zero-order valence-corrected chi connectivity index (χ0v) is 13.0. The number of halogens is 1. The Morgan fingerprint density at radius 2 is 2.00 bits per heavy atom. The van der Waals surface area contributed by atoms with Crippen LogP contribution in [-0.2, 0) is 9.59 Å². The topological polar surface area (TPSA) is 61.4 Å². The lowest BCUT2D eigenvalue weighted by Gasteiger charge is -2.30. The summed E-state index contributed by atoms with van der Waals surface area (Å²) in [6.45, 7) is 7.26. The minimum absolute atomic E-state index is 0. The quantitative estimate of drug-likeness (QED) is 0.760. The van der Waals surface area contributed by atoms with Crippen LogP contribution in [0.25, 0.3) is 0 Å².